The first-order chi connectivity index (χ1) is 6.31. The van der Waals surface area contributed by atoms with E-state index in [9.17, 15) is 0 Å². The van der Waals surface area contributed by atoms with Gasteiger partial charge in [-0.05, 0) is 5.75 Å². The third-order valence-corrected chi connectivity index (χ3v) is 1.93. The van der Waals surface area contributed by atoms with Gasteiger partial charge in [-0.25, -0.2) is 15.0 Å². The molecule has 0 amide bonds. The smallest absolute Gasteiger partial charge is 0.162 e. The average molecular weight is 195 g/mol. The standard InChI is InChI=1S/C7H9N5S/c8-6-5-7(10-3-9-6)12-4(11-5)1-2-13/h3,13H,1-2H2,(H3,8,9,10,11,12). The van der Waals surface area contributed by atoms with Crippen molar-refractivity contribution in [3.63, 3.8) is 0 Å². The molecule has 0 aliphatic rings. The Morgan fingerprint density at radius 1 is 1.46 bits per heavy atom. The molecule has 0 aliphatic heterocycles. The van der Waals surface area contributed by atoms with Crippen LogP contribution in [0, 0.1) is 0 Å². The number of aryl methyl sites for hydroxylation is 1. The highest BCUT2D eigenvalue weighted by Gasteiger charge is 2.05. The summed E-state index contributed by atoms with van der Waals surface area (Å²) in [6.45, 7) is 0. The molecule has 0 bridgehead atoms. The quantitative estimate of drug-likeness (QED) is 0.606. The van der Waals surface area contributed by atoms with Crippen LogP contribution in [-0.4, -0.2) is 25.7 Å². The largest absolute Gasteiger partial charge is 0.382 e. The van der Waals surface area contributed by atoms with E-state index in [1.165, 1.54) is 6.33 Å². The van der Waals surface area contributed by atoms with Crippen molar-refractivity contribution in [3.05, 3.63) is 12.2 Å². The summed E-state index contributed by atoms with van der Waals surface area (Å²) in [5.74, 6) is 2.00. The van der Waals surface area contributed by atoms with Gasteiger partial charge in [-0.15, -0.1) is 0 Å². The second-order valence-corrected chi connectivity index (χ2v) is 3.06. The highest BCUT2D eigenvalue weighted by molar-refractivity contribution is 7.80. The zero-order valence-electron chi connectivity index (χ0n) is 6.86. The maximum atomic E-state index is 5.61. The van der Waals surface area contributed by atoms with Gasteiger partial charge in [-0.3, -0.25) is 0 Å². The number of imidazole rings is 1. The van der Waals surface area contributed by atoms with Crippen LogP contribution < -0.4 is 5.73 Å². The van der Waals surface area contributed by atoms with Gasteiger partial charge >= 0.3 is 0 Å². The molecule has 0 unspecified atom stereocenters. The number of thiol groups is 1. The van der Waals surface area contributed by atoms with Crippen molar-refractivity contribution in [3.8, 4) is 0 Å². The minimum absolute atomic E-state index is 0.409. The summed E-state index contributed by atoms with van der Waals surface area (Å²) >= 11 is 4.11. The number of rotatable bonds is 2. The number of hydrogen-bond acceptors (Lipinski definition) is 5. The molecule has 13 heavy (non-hydrogen) atoms. The summed E-state index contributed by atoms with van der Waals surface area (Å²) in [5.41, 5.74) is 6.94. The number of nitrogens with two attached hydrogens (primary N) is 1. The van der Waals surface area contributed by atoms with Crippen molar-refractivity contribution in [1.29, 1.82) is 0 Å². The molecule has 2 heterocycles. The molecule has 68 valence electrons. The van der Waals surface area contributed by atoms with Crippen LogP contribution in [0.3, 0.4) is 0 Å². The number of nitrogens with one attached hydrogen (secondary N) is 1. The molecule has 0 spiro atoms. The lowest BCUT2D eigenvalue weighted by molar-refractivity contribution is 1.01. The van der Waals surface area contributed by atoms with E-state index < -0.39 is 0 Å². The molecule has 3 N–H and O–H groups in total. The SMILES string of the molecule is Nc1ncnc2[nH]c(CCS)nc12. The predicted molar refractivity (Wildman–Crippen MR) is 53.7 cm³/mol. The predicted octanol–water partition coefficient (Wildman–Crippen LogP) is 0.407. The van der Waals surface area contributed by atoms with E-state index >= 15 is 0 Å². The van der Waals surface area contributed by atoms with E-state index in [4.69, 9.17) is 5.73 Å². The average Bonchev–Trinajstić information content (AvgIpc) is 2.49. The summed E-state index contributed by atoms with van der Waals surface area (Å²) in [5, 5.41) is 0. The van der Waals surface area contributed by atoms with Crippen molar-refractivity contribution in [1.82, 2.24) is 19.9 Å². The highest BCUT2D eigenvalue weighted by atomic mass is 32.1. The number of fused-ring (bicyclic) bond motifs is 1. The molecule has 2 aromatic heterocycles. The maximum absolute atomic E-state index is 5.61. The Balaban J connectivity index is 2.55. The van der Waals surface area contributed by atoms with Gasteiger partial charge in [0.2, 0.25) is 0 Å². The lowest BCUT2D eigenvalue weighted by Crippen LogP contribution is -1.92. The molecule has 0 radical (unpaired) electrons. The summed E-state index contributed by atoms with van der Waals surface area (Å²) in [4.78, 5) is 15.2. The Morgan fingerprint density at radius 2 is 2.31 bits per heavy atom. The number of anilines is 1. The number of H-pyrrole nitrogens is 1. The molecule has 0 saturated carbocycles. The molecule has 0 atom stereocenters. The fourth-order valence-electron chi connectivity index (χ4n) is 1.12. The van der Waals surface area contributed by atoms with Crippen LogP contribution in [-0.2, 0) is 6.42 Å². The van der Waals surface area contributed by atoms with E-state index in [1.807, 2.05) is 0 Å². The molecular weight excluding hydrogens is 186 g/mol. The van der Waals surface area contributed by atoms with Gasteiger partial charge in [0.1, 0.15) is 17.7 Å². The third kappa shape index (κ3) is 1.44. The summed E-state index contributed by atoms with van der Waals surface area (Å²) in [6.07, 6.45) is 2.19. The Labute approximate surface area is 80.2 Å². The van der Waals surface area contributed by atoms with Crippen LogP contribution in [0.15, 0.2) is 6.33 Å². The minimum atomic E-state index is 0.409. The van der Waals surface area contributed by atoms with Gasteiger partial charge in [0.25, 0.3) is 0 Å². The molecule has 6 heteroatoms. The molecular formula is C7H9N5S. The monoisotopic (exact) mass is 195 g/mol. The zero-order valence-corrected chi connectivity index (χ0v) is 7.75. The fourth-order valence-corrected chi connectivity index (χ4v) is 1.33. The summed E-state index contributed by atoms with van der Waals surface area (Å²) in [7, 11) is 0. The van der Waals surface area contributed by atoms with Crippen LogP contribution in [0.5, 0.6) is 0 Å². The topological polar surface area (TPSA) is 80.5 Å². The minimum Gasteiger partial charge on any atom is -0.382 e. The first-order valence-electron chi connectivity index (χ1n) is 3.87. The number of aromatic amines is 1. The van der Waals surface area contributed by atoms with Crippen LogP contribution in [0.4, 0.5) is 5.82 Å². The lowest BCUT2D eigenvalue weighted by atomic mass is 10.5. The first kappa shape index (κ1) is 8.31. The number of nitrogens with zero attached hydrogens (tertiary/aromatic N) is 3. The van der Waals surface area contributed by atoms with Crippen LogP contribution in [0.25, 0.3) is 11.2 Å². The number of nitrogen functional groups attached to an aromatic ring is 1. The molecule has 0 aliphatic carbocycles. The normalized spacial score (nSPS) is 10.8. The van der Waals surface area contributed by atoms with Crippen LogP contribution >= 0.6 is 12.6 Å². The Morgan fingerprint density at radius 3 is 3.00 bits per heavy atom. The molecule has 0 fully saturated rings. The lowest BCUT2D eigenvalue weighted by Gasteiger charge is -1.88. The number of aromatic nitrogens is 4. The van der Waals surface area contributed by atoms with Crippen LogP contribution in [0.1, 0.15) is 5.82 Å². The van der Waals surface area contributed by atoms with Gasteiger partial charge in [0.15, 0.2) is 11.5 Å². The molecule has 5 nitrogen and oxygen atoms in total. The molecule has 2 aromatic rings. The van der Waals surface area contributed by atoms with Crippen LogP contribution in [0.2, 0.25) is 0 Å². The maximum Gasteiger partial charge on any atom is 0.162 e. The second kappa shape index (κ2) is 3.21. The van der Waals surface area contributed by atoms with Gasteiger partial charge in [-0.2, -0.15) is 12.6 Å². The van der Waals surface area contributed by atoms with E-state index in [0.29, 0.717) is 17.0 Å². The summed E-state index contributed by atoms with van der Waals surface area (Å²) < 4.78 is 0. The van der Waals surface area contributed by atoms with E-state index in [0.717, 1.165) is 18.0 Å². The number of hydrogen-bond donors (Lipinski definition) is 3. The highest BCUT2D eigenvalue weighted by Crippen LogP contribution is 2.13. The van der Waals surface area contributed by atoms with E-state index in [2.05, 4.69) is 32.6 Å². The summed E-state index contributed by atoms with van der Waals surface area (Å²) in [6, 6.07) is 0. The van der Waals surface area contributed by atoms with Gasteiger partial charge in [0.05, 0.1) is 0 Å². The molecule has 2 rings (SSSR count). The second-order valence-electron chi connectivity index (χ2n) is 2.61. The molecule has 0 saturated heterocycles. The van der Waals surface area contributed by atoms with Crippen molar-refractivity contribution >= 4 is 29.6 Å². The van der Waals surface area contributed by atoms with Gasteiger partial charge in [0, 0.05) is 6.42 Å². The van der Waals surface area contributed by atoms with Crippen molar-refractivity contribution < 1.29 is 0 Å². The van der Waals surface area contributed by atoms with Gasteiger partial charge < -0.3 is 10.7 Å². The zero-order chi connectivity index (χ0) is 9.26. The Kier molecular flexibility index (Phi) is 2.05. The van der Waals surface area contributed by atoms with E-state index in [1.54, 1.807) is 0 Å². The third-order valence-electron chi connectivity index (χ3n) is 1.71. The Bertz CT molecular complexity index is 424. The van der Waals surface area contributed by atoms with Crippen molar-refractivity contribution in [2.75, 3.05) is 11.5 Å². The van der Waals surface area contributed by atoms with Crippen molar-refractivity contribution in [2.24, 2.45) is 0 Å². The van der Waals surface area contributed by atoms with E-state index in [-0.39, 0.29) is 0 Å². The van der Waals surface area contributed by atoms with Crippen molar-refractivity contribution in [2.45, 2.75) is 6.42 Å². The molecule has 0 aromatic carbocycles. The first-order valence-corrected chi connectivity index (χ1v) is 4.50. The van der Waals surface area contributed by atoms with Gasteiger partial charge in [-0.1, -0.05) is 0 Å². The Hall–Kier alpha value is -1.30. The fraction of sp³-hybridized carbons (Fsp3) is 0.286.